The van der Waals surface area contributed by atoms with Gasteiger partial charge >= 0.3 is 6.29 Å². The minimum atomic E-state index is -3.82. The van der Waals surface area contributed by atoms with Gasteiger partial charge in [0.05, 0.1) is 0 Å². The third-order valence-corrected chi connectivity index (χ3v) is 5.20. The Morgan fingerprint density at radius 1 is 1.10 bits per heavy atom. The predicted molar refractivity (Wildman–Crippen MR) is 91.5 cm³/mol. The summed E-state index contributed by atoms with van der Waals surface area (Å²) in [6.45, 7) is 0.103. The third-order valence-electron chi connectivity index (χ3n) is 5.20. The summed E-state index contributed by atoms with van der Waals surface area (Å²) in [6.07, 6.45) is -4.45. The van der Waals surface area contributed by atoms with Crippen molar-refractivity contribution >= 4 is 11.7 Å². The largest absolute Gasteiger partial charge is 0.586 e. The van der Waals surface area contributed by atoms with E-state index in [-0.39, 0.29) is 23.6 Å². The van der Waals surface area contributed by atoms with Crippen LogP contribution in [-0.4, -0.2) is 36.5 Å². The Kier molecular flexibility index (Phi) is 4.67. The molecule has 0 bridgehead atoms. The van der Waals surface area contributed by atoms with E-state index in [0.717, 1.165) is 6.07 Å². The molecule has 1 fully saturated rings. The van der Waals surface area contributed by atoms with Crippen molar-refractivity contribution in [1.82, 2.24) is 4.90 Å². The summed E-state index contributed by atoms with van der Waals surface area (Å²) in [4.78, 5) is 26.7. The summed E-state index contributed by atoms with van der Waals surface area (Å²) in [7, 11) is 1.46. The smallest absolute Gasteiger partial charge is 0.395 e. The topological polar surface area (TPSA) is 55.8 Å². The van der Waals surface area contributed by atoms with Gasteiger partial charge in [0.2, 0.25) is 5.91 Å². The molecule has 5 nitrogen and oxygen atoms in total. The fourth-order valence-corrected chi connectivity index (χ4v) is 3.76. The van der Waals surface area contributed by atoms with E-state index in [1.807, 2.05) is 0 Å². The lowest BCUT2D eigenvalue weighted by Crippen LogP contribution is -2.29. The molecule has 2 aromatic rings. The number of hydrogen-bond donors (Lipinski definition) is 0. The Bertz CT molecular complexity index is 1060. The number of ether oxygens (including phenoxy) is 2. The molecule has 2 heterocycles. The molecular weight excluding hydrogens is 413 g/mol. The molecule has 0 aromatic heterocycles. The van der Waals surface area contributed by atoms with Crippen LogP contribution in [0.5, 0.6) is 11.5 Å². The van der Waals surface area contributed by atoms with E-state index in [4.69, 9.17) is 0 Å². The third kappa shape index (κ3) is 3.35. The standard InChI is InChI=1S/C20H14F5NO4/c1-26-8-11(9-3-5-14-15(7-9)30-20(24,25)29-14)16(19(26)28)13(27)6-10-2-4-12(21)18(23)17(10)22/h2-5,7,11,16H,6,8H2,1H3/t11-,16+/m1/s1. The SMILES string of the molecule is CN1C[C@H](c2ccc3c(c2)OC(F)(F)O3)[C@@H](C(=O)Cc2ccc(F)c(F)c2F)C1=O. The van der Waals surface area contributed by atoms with Crippen molar-refractivity contribution in [2.24, 2.45) is 5.92 Å². The van der Waals surface area contributed by atoms with E-state index in [1.165, 1.54) is 30.1 Å². The van der Waals surface area contributed by atoms with Gasteiger partial charge in [-0.25, -0.2) is 13.2 Å². The number of fused-ring (bicyclic) bond motifs is 1. The Morgan fingerprint density at radius 2 is 1.80 bits per heavy atom. The van der Waals surface area contributed by atoms with Gasteiger partial charge in [-0.3, -0.25) is 9.59 Å². The van der Waals surface area contributed by atoms with Crippen molar-refractivity contribution in [1.29, 1.82) is 0 Å². The summed E-state index contributed by atoms with van der Waals surface area (Å²) in [5.41, 5.74) is -0.0119. The molecule has 1 amide bonds. The molecule has 2 aromatic carbocycles. The number of likely N-dealkylation sites (N-methyl/N-ethyl adjacent to an activating group) is 1. The number of carbonyl (C=O) groups excluding carboxylic acids is 2. The van der Waals surface area contributed by atoms with Gasteiger partial charge < -0.3 is 14.4 Å². The van der Waals surface area contributed by atoms with Crippen LogP contribution < -0.4 is 9.47 Å². The van der Waals surface area contributed by atoms with Gasteiger partial charge in [0.15, 0.2) is 29.0 Å². The monoisotopic (exact) mass is 427 g/mol. The average Bonchev–Trinajstić information content (AvgIpc) is 3.15. The number of benzene rings is 2. The Hall–Kier alpha value is -3.17. The second kappa shape index (κ2) is 6.96. The number of alkyl halides is 2. The maximum Gasteiger partial charge on any atom is 0.586 e. The number of ketones is 1. The second-order valence-electron chi connectivity index (χ2n) is 7.15. The quantitative estimate of drug-likeness (QED) is 0.427. The van der Waals surface area contributed by atoms with Crippen LogP contribution in [0, 0.1) is 23.4 Å². The van der Waals surface area contributed by atoms with Gasteiger partial charge in [0.25, 0.3) is 0 Å². The molecule has 10 heteroatoms. The highest BCUT2D eigenvalue weighted by atomic mass is 19.3. The first-order chi connectivity index (χ1) is 14.1. The molecule has 0 unspecified atom stereocenters. The van der Waals surface area contributed by atoms with Crippen LogP contribution in [0.2, 0.25) is 0 Å². The van der Waals surface area contributed by atoms with E-state index in [1.54, 1.807) is 0 Å². The van der Waals surface area contributed by atoms with Crippen molar-refractivity contribution in [3.05, 3.63) is 58.9 Å². The zero-order chi connectivity index (χ0) is 21.8. The van der Waals surface area contributed by atoms with Crippen LogP contribution in [0.1, 0.15) is 17.0 Å². The maximum absolute atomic E-state index is 14.0. The lowest BCUT2D eigenvalue weighted by atomic mass is 9.83. The first-order valence-electron chi connectivity index (χ1n) is 8.87. The summed E-state index contributed by atoms with van der Waals surface area (Å²) < 4.78 is 75.8. The van der Waals surface area contributed by atoms with Gasteiger partial charge in [-0.15, -0.1) is 8.78 Å². The van der Waals surface area contributed by atoms with Crippen molar-refractivity contribution in [3.8, 4) is 11.5 Å². The van der Waals surface area contributed by atoms with Crippen LogP contribution in [0.3, 0.4) is 0 Å². The summed E-state index contributed by atoms with van der Waals surface area (Å²) >= 11 is 0. The number of Topliss-reactive ketones (excluding diaryl/α,β-unsaturated/α-hetero) is 1. The molecule has 4 rings (SSSR count). The van der Waals surface area contributed by atoms with Crippen molar-refractivity contribution in [3.63, 3.8) is 0 Å². The Morgan fingerprint density at radius 3 is 2.53 bits per heavy atom. The number of halogens is 5. The van der Waals surface area contributed by atoms with Gasteiger partial charge in [0, 0.05) is 25.9 Å². The average molecular weight is 427 g/mol. The Balaban J connectivity index is 1.63. The molecule has 158 valence electrons. The fourth-order valence-electron chi connectivity index (χ4n) is 3.76. The Labute approximate surface area is 167 Å². The van der Waals surface area contributed by atoms with Crippen LogP contribution in [-0.2, 0) is 16.0 Å². The molecule has 1 saturated heterocycles. The first-order valence-corrected chi connectivity index (χ1v) is 8.87. The van der Waals surface area contributed by atoms with Crippen LogP contribution in [0.15, 0.2) is 30.3 Å². The van der Waals surface area contributed by atoms with Crippen molar-refractivity contribution in [2.45, 2.75) is 18.6 Å². The second-order valence-corrected chi connectivity index (χ2v) is 7.15. The lowest BCUT2D eigenvalue weighted by molar-refractivity contribution is -0.286. The summed E-state index contributed by atoms with van der Waals surface area (Å²) in [6, 6.07) is 5.56. The highest BCUT2D eigenvalue weighted by Gasteiger charge is 2.46. The lowest BCUT2D eigenvalue weighted by Gasteiger charge is -2.17. The van der Waals surface area contributed by atoms with Gasteiger partial charge in [-0.2, -0.15) is 0 Å². The summed E-state index contributed by atoms with van der Waals surface area (Å²) in [5.74, 6) is -8.25. The van der Waals surface area contributed by atoms with Crippen LogP contribution in [0.4, 0.5) is 22.0 Å². The van der Waals surface area contributed by atoms with Crippen LogP contribution in [0.25, 0.3) is 0 Å². The highest BCUT2D eigenvalue weighted by molar-refractivity contribution is 6.04. The molecule has 0 saturated carbocycles. The number of nitrogens with zero attached hydrogens (tertiary/aromatic N) is 1. The van der Waals surface area contributed by atoms with E-state index in [0.29, 0.717) is 11.6 Å². The normalized spacial score (nSPS) is 21.9. The molecule has 2 aliphatic heterocycles. The number of amides is 1. The molecule has 0 aliphatic carbocycles. The number of likely N-dealkylation sites (tertiary alicyclic amines) is 1. The molecule has 2 aliphatic rings. The molecule has 0 spiro atoms. The molecular formula is C20H14F5NO4. The number of hydrogen-bond acceptors (Lipinski definition) is 4. The van der Waals surface area contributed by atoms with Gasteiger partial charge in [-0.05, 0) is 29.3 Å². The molecule has 0 N–H and O–H groups in total. The van der Waals surface area contributed by atoms with Crippen LogP contribution >= 0.6 is 0 Å². The van der Waals surface area contributed by atoms with E-state index in [2.05, 4.69) is 9.47 Å². The molecule has 2 atom stereocenters. The van der Waals surface area contributed by atoms with E-state index in [9.17, 15) is 31.5 Å². The summed E-state index contributed by atoms with van der Waals surface area (Å²) in [5, 5.41) is 0. The predicted octanol–water partition coefficient (Wildman–Crippen LogP) is 3.41. The van der Waals surface area contributed by atoms with E-state index < -0.39 is 53.7 Å². The maximum atomic E-state index is 14.0. The van der Waals surface area contributed by atoms with Crippen molar-refractivity contribution in [2.75, 3.05) is 13.6 Å². The molecule has 30 heavy (non-hydrogen) atoms. The van der Waals surface area contributed by atoms with E-state index >= 15 is 0 Å². The zero-order valence-electron chi connectivity index (χ0n) is 15.4. The molecule has 0 radical (unpaired) electrons. The van der Waals surface area contributed by atoms with Gasteiger partial charge in [-0.1, -0.05) is 12.1 Å². The highest BCUT2D eigenvalue weighted by Crippen LogP contribution is 2.44. The number of rotatable bonds is 4. The minimum Gasteiger partial charge on any atom is -0.395 e. The fraction of sp³-hybridized carbons (Fsp3) is 0.300. The number of carbonyl (C=O) groups is 2. The van der Waals surface area contributed by atoms with Gasteiger partial charge in [0.1, 0.15) is 11.7 Å². The zero-order valence-corrected chi connectivity index (χ0v) is 15.4. The minimum absolute atomic E-state index is 0.103. The first kappa shape index (κ1) is 20.1. The van der Waals surface area contributed by atoms with Crippen molar-refractivity contribution < 1.29 is 41.0 Å².